The van der Waals surface area contributed by atoms with Crippen molar-refractivity contribution in [1.82, 2.24) is 10.6 Å². The predicted octanol–water partition coefficient (Wildman–Crippen LogP) is 2.78. The number of carbonyl (C=O) groups excluding carboxylic acids is 2. The van der Waals surface area contributed by atoms with Gasteiger partial charge >= 0.3 is 0 Å². The summed E-state index contributed by atoms with van der Waals surface area (Å²) in [5, 5.41) is 10.5. The highest BCUT2D eigenvalue weighted by molar-refractivity contribution is 7.80. The minimum Gasteiger partial charge on any atom is -0.376 e. The molecule has 1 fully saturated rings. The van der Waals surface area contributed by atoms with E-state index in [1.807, 2.05) is 5.38 Å². The van der Waals surface area contributed by atoms with Gasteiger partial charge in [0.25, 0.3) is 11.8 Å². The molecule has 1 aliphatic rings. The first-order valence-electron chi connectivity index (χ1n) is 8.27. The van der Waals surface area contributed by atoms with Crippen molar-refractivity contribution in [3.05, 3.63) is 52.2 Å². The number of amides is 2. The van der Waals surface area contributed by atoms with E-state index >= 15 is 0 Å². The highest BCUT2D eigenvalue weighted by Gasteiger charge is 2.16. The second kappa shape index (κ2) is 8.88. The van der Waals surface area contributed by atoms with E-state index in [1.54, 1.807) is 36.4 Å². The van der Waals surface area contributed by atoms with Gasteiger partial charge in [-0.1, -0.05) is 6.07 Å². The minimum absolute atomic E-state index is 0.115. The van der Waals surface area contributed by atoms with E-state index in [0.29, 0.717) is 22.7 Å². The Morgan fingerprint density at radius 2 is 2.00 bits per heavy atom. The van der Waals surface area contributed by atoms with Crippen LogP contribution in [-0.4, -0.2) is 36.2 Å². The number of benzene rings is 1. The molecule has 1 aromatic heterocycles. The third-order valence-electron chi connectivity index (χ3n) is 3.89. The maximum absolute atomic E-state index is 12.1. The van der Waals surface area contributed by atoms with Crippen LogP contribution >= 0.6 is 23.6 Å². The van der Waals surface area contributed by atoms with Crippen LogP contribution in [0.5, 0.6) is 0 Å². The lowest BCUT2D eigenvalue weighted by Crippen LogP contribution is -2.33. The predicted molar refractivity (Wildman–Crippen MR) is 106 cm³/mol. The third-order valence-corrected chi connectivity index (χ3v) is 4.96. The topological polar surface area (TPSA) is 79.5 Å². The Kier molecular flexibility index (Phi) is 6.32. The van der Waals surface area contributed by atoms with Crippen LogP contribution in [0.2, 0.25) is 0 Å². The van der Waals surface area contributed by atoms with Gasteiger partial charge in [-0.15, -0.1) is 11.3 Å². The third kappa shape index (κ3) is 5.10. The van der Waals surface area contributed by atoms with Crippen molar-refractivity contribution in [2.45, 2.75) is 18.9 Å². The van der Waals surface area contributed by atoms with Gasteiger partial charge in [0.1, 0.15) is 0 Å². The number of nitrogens with one attached hydrogen (secondary N) is 3. The highest BCUT2D eigenvalue weighted by Crippen LogP contribution is 2.13. The molecule has 1 aliphatic heterocycles. The van der Waals surface area contributed by atoms with Crippen molar-refractivity contribution in [1.29, 1.82) is 0 Å². The van der Waals surface area contributed by atoms with Crippen LogP contribution in [0.25, 0.3) is 0 Å². The Bertz CT molecular complexity index is 769. The number of thiocarbonyl (C=S) groups is 1. The standard InChI is InChI=1S/C18H19N3O3S2/c22-16(19-11-14-3-1-9-24-14)12-5-7-13(8-6-12)20-18(25)21-17(23)15-4-2-10-26-15/h2,4-8,10,14H,1,3,9,11H2,(H,19,22)(H2,20,21,23,25)/t14-/m1/s1. The van der Waals surface area contributed by atoms with Crippen LogP contribution in [0.3, 0.4) is 0 Å². The molecule has 2 heterocycles. The van der Waals surface area contributed by atoms with Gasteiger partial charge in [0.2, 0.25) is 0 Å². The van der Waals surface area contributed by atoms with Crippen LogP contribution in [0.1, 0.15) is 32.9 Å². The smallest absolute Gasteiger partial charge is 0.267 e. The molecule has 2 amide bonds. The van der Waals surface area contributed by atoms with Gasteiger partial charge in [-0.3, -0.25) is 14.9 Å². The first-order chi connectivity index (χ1) is 12.6. The van der Waals surface area contributed by atoms with Crippen LogP contribution in [0.15, 0.2) is 41.8 Å². The van der Waals surface area contributed by atoms with Gasteiger partial charge in [0.05, 0.1) is 11.0 Å². The molecule has 1 aromatic carbocycles. The highest BCUT2D eigenvalue weighted by atomic mass is 32.1. The Morgan fingerprint density at radius 1 is 1.19 bits per heavy atom. The number of thiophene rings is 1. The summed E-state index contributed by atoms with van der Waals surface area (Å²) in [6, 6.07) is 10.4. The average Bonchev–Trinajstić information content (AvgIpc) is 3.34. The lowest BCUT2D eigenvalue weighted by atomic mass is 10.2. The summed E-state index contributed by atoms with van der Waals surface area (Å²) in [7, 11) is 0. The molecule has 26 heavy (non-hydrogen) atoms. The van der Waals surface area contributed by atoms with Crippen molar-refractivity contribution in [3.63, 3.8) is 0 Å². The maximum Gasteiger partial charge on any atom is 0.267 e. The maximum atomic E-state index is 12.1. The number of rotatable bonds is 5. The van der Waals surface area contributed by atoms with Gasteiger partial charge in [-0.05, 0) is 60.8 Å². The summed E-state index contributed by atoms with van der Waals surface area (Å²) in [4.78, 5) is 24.7. The Labute approximate surface area is 160 Å². The van der Waals surface area contributed by atoms with Crippen molar-refractivity contribution < 1.29 is 14.3 Å². The van der Waals surface area contributed by atoms with Crippen molar-refractivity contribution in [3.8, 4) is 0 Å². The van der Waals surface area contributed by atoms with Gasteiger partial charge in [0.15, 0.2) is 5.11 Å². The van der Waals surface area contributed by atoms with E-state index in [1.165, 1.54) is 11.3 Å². The summed E-state index contributed by atoms with van der Waals surface area (Å²) in [5.41, 5.74) is 1.25. The fourth-order valence-electron chi connectivity index (χ4n) is 2.55. The van der Waals surface area contributed by atoms with Crippen LogP contribution in [-0.2, 0) is 4.74 Å². The van der Waals surface area contributed by atoms with Crippen molar-refractivity contribution in [2.24, 2.45) is 0 Å². The van der Waals surface area contributed by atoms with E-state index in [4.69, 9.17) is 17.0 Å². The lowest BCUT2D eigenvalue weighted by Gasteiger charge is -2.12. The molecule has 6 nitrogen and oxygen atoms in total. The zero-order chi connectivity index (χ0) is 18.4. The van der Waals surface area contributed by atoms with Crippen molar-refractivity contribution >= 4 is 46.2 Å². The SMILES string of the molecule is O=C(NC[C@H]1CCCO1)c1ccc(NC(=S)NC(=O)c2cccs2)cc1. The molecular formula is C18H19N3O3S2. The molecule has 0 aliphatic carbocycles. The number of hydrogen-bond donors (Lipinski definition) is 3. The molecule has 3 rings (SSSR count). The molecule has 0 saturated carbocycles. The number of ether oxygens (including phenoxy) is 1. The van der Waals surface area contributed by atoms with Crippen molar-refractivity contribution in [2.75, 3.05) is 18.5 Å². The zero-order valence-electron chi connectivity index (χ0n) is 14.0. The Morgan fingerprint density at radius 3 is 2.65 bits per heavy atom. The fraction of sp³-hybridized carbons (Fsp3) is 0.278. The quantitative estimate of drug-likeness (QED) is 0.686. The van der Waals surface area contributed by atoms with Gasteiger partial charge in [0, 0.05) is 24.4 Å². The largest absolute Gasteiger partial charge is 0.376 e. The molecule has 2 aromatic rings. The molecule has 0 spiro atoms. The van der Waals surface area contributed by atoms with Crippen LogP contribution < -0.4 is 16.0 Å². The molecule has 0 unspecified atom stereocenters. The molecule has 136 valence electrons. The molecular weight excluding hydrogens is 370 g/mol. The van der Waals surface area contributed by atoms with Gasteiger partial charge in [-0.2, -0.15) is 0 Å². The summed E-state index contributed by atoms with van der Waals surface area (Å²) in [6.45, 7) is 1.29. The summed E-state index contributed by atoms with van der Waals surface area (Å²) >= 11 is 6.49. The zero-order valence-corrected chi connectivity index (χ0v) is 15.6. The monoisotopic (exact) mass is 389 g/mol. The molecule has 1 atom stereocenters. The summed E-state index contributed by atoms with van der Waals surface area (Å²) < 4.78 is 5.49. The molecule has 0 bridgehead atoms. The van der Waals surface area contributed by atoms with Gasteiger partial charge in [-0.25, -0.2) is 0 Å². The lowest BCUT2D eigenvalue weighted by molar-refractivity contribution is 0.0857. The Balaban J connectivity index is 1.48. The van der Waals surface area contributed by atoms with Crippen LogP contribution in [0.4, 0.5) is 5.69 Å². The minimum atomic E-state index is -0.248. The normalized spacial score (nSPS) is 16.1. The molecule has 1 saturated heterocycles. The van der Waals surface area contributed by atoms with E-state index < -0.39 is 0 Å². The fourth-order valence-corrected chi connectivity index (χ4v) is 3.38. The molecule has 8 heteroatoms. The second-order valence-corrected chi connectivity index (χ2v) is 7.16. The van der Waals surface area contributed by atoms with Gasteiger partial charge < -0.3 is 15.4 Å². The van der Waals surface area contributed by atoms with Crippen LogP contribution in [0, 0.1) is 0 Å². The number of anilines is 1. The first-order valence-corrected chi connectivity index (χ1v) is 9.56. The Hall–Kier alpha value is -2.29. The number of carbonyl (C=O) groups is 2. The summed E-state index contributed by atoms with van der Waals surface area (Å²) in [5.74, 6) is -0.386. The van der Waals surface area contributed by atoms with E-state index in [2.05, 4.69) is 16.0 Å². The van der Waals surface area contributed by atoms with E-state index in [0.717, 1.165) is 19.4 Å². The molecule has 0 radical (unpaired) electrons. The number of hydrogen-bond acceptors (Lipinski definition) is 5. The van der Waals surface area contributed by atoms with E-state index in [-0.39, 0.29) is 23.0 Å². The second-order valence-electron chi connectivity index (χ2n) is 5.81. The molecule has 3 N–H and O–H groups in total. The summed E-state index contributed by atoms with van der Waals surface area (Å²) in [6.07, 6.45) is 2.14. The average molecular weight is 390 g/mol. The van der Waals surface area contributed by atoms with E-state index in [9.17, 15) is 9.59 Å². The first kappa shape index (κ1) is 18.5.